The van der Waals surface area contributed by atoms with Crippen molar-refractivity contribution in [3.8, 4) is 11.5 Å². The Hall–Kier alpha value is -1.84. The monoisotopic (exact) mass is 306 g/mol. The Labute approximate surface area is 132 Å². The zero-order chi connectivity index (χ0) is 16.4. The van der Waals surface area contributed by atoms with E-state index >= 15 is 0 Å². The van der Waals surface area contributed by atoms with Gasteiger partial charge in [0.15, 0.2) is 11.5 Å². The first-order chi connectivity index (χ1) is 10.6. The molecule has 0 unspecified atom stereocenters. The SMILES string of the molecule is CCCC(=O)Oc1ccccc1OC(=O)CCC(CC)CC. The molecule has 4 nitrogen and oxygen atoms in total. The largest absolute Gasteiger partial charge is 0.423 e. The van der Waals surface area contributed by atoms with Crippen LogP contribution in [0.1, 0.15) is 59.3 Å². The molecular weight excluding hydrogens is 280 g/mol. The van der Waals surface area contributed by atoms with Crippen molar-refractivity contribution in [2.45, 2.75) is 59.3 Å². The lowest BCUT2D eigenvalue weighted by molar-refractivity contribution is -0.137. The summed E-state index contributed by atoms with van der Waals surface area (Å²) in [6, 6.07) is 6.78. The van der Waals surface area contributed by atoms with Crippen LogP contribution in [0.5, 0.6) is 11.5 Å². The fourth-order valence-corrected chi connectivity index (χ4v) is 2.19. The maximum Gasteiger partial charge on any atom is 0.311 e. The maximum atomic E-state index is 11.9. The van der Waals surface area contributed by atoms with Crippen molar-refractivity contribution in [2.24, 2.45) is 5.92 Å². The summed E-state index contributed by atoms with van der Waals surface area (Å²) < 4.78 is 10.6. The van der Waals surface area contributed by atoms with Crippen LogP contribution in [0.25, 0.3) is 0 Å². The maximum absolute atomic E-state index is 11.9. The topological polar surface area (TPSA) is 52.6 Å². The molecular formula is C18H26O4. The van der Waals surface area contributed by atoms with Crippen LogP contribution < -0.4 is 9.47 Å². The van der Waals surface area contributed by atoms with Crippen molar-refractivity contribution < 1.29 is 19.1 Å². The first-order valence-electron chi connectivity index (χ1n) is 8.11. The lowest BCUT2D eigenvalue weighted by Crippen LogP contribution is -2.13. The van der Waals surface area contributed by atoms with Crippen LogP contribution in [-0.4, -0.2) is 11.9 Å². The number of hydrogen-bond donors (Lipinski definition) is 0. The molecule has 4 heteroatoms. The van der Waals surface area contributed by atoms with Gasteiger partial charge < -0.3 is 9.47 Å². The van der Waals surface area contributed by atoms with E-state index in [2.05, 4.69) is 13.8 Å². The third kappa shape index (κ3) is 6.29. The van der Waals surface area contributed by atoms with Crippen LogP contribution in [0.3, 0.4) is 0 Å². The number of esters is 2. The Bertz CT molecular complexity index is 478. The Kier molecular flexibility index (Phi) is 8.26. The Balaban J connectivity index is 2.61. The average molecular weight is 306 g/mol. The van der Waals surface area contributed by atoms with Crippen molar-refractivity contribution >= 4 is 11.9 Å². The molecule has 1 rings (SSSR count). The van der Waals surface area contributed by atoms with Crippen LogP contribution in [0.15, 0.2) is 24.3 Å². The van der Waals surface area contributed by atoms with Crippen LogP contribution in [-0.2, 0) is 9.59 Å². The van der Waals surface area contributed by atoms with Gasteiger partial charge >= 0.3 is 11.9 Å². The highest BCUT2D eigenvalue weighted by molar-refractivity contribution is 5.76. The summed E-state index contributed by atoms with van der Waals surface area (Å²) in [5.74, 6) is 0.553. The first kappa shape index (κ1) is 18.2. The summed E-state index contributed by atoms with van der Waals surface area (Å²) in [7, 11) is 0. The van der Waals surface area contributed by atoms with E-state index < -0.39 is 0 Å². The minimum absolute atomic E-state index is 0.286. The lowest BCUT2D eigenvalue weighted by atomic mass is 9.98. The Morgan fingerprint density at radius 1 is 0.909 bits per heavy atom. The second-order valence-corrected chi connectivity index (χ2v) is 5.37. The van der Waals surface area contributed by atoms with Crippen molar-refractivity contribution in [1.29, 1.82) is 0 Å². The number of rotatable bonds is 9. The van der Waals surface area contributed by atoms with Crippen molar-refractivity contribution in [1.82, 2.24) is 0 Å². The molecule has 0 aliphatic rings. The normalized spacial score (nSPS) is 10.5. The minimum atomic E-state index is -0.317. The van der Waals surface area contributed by atoms with Crippen molar-refractivity contribution in [3.63, 3.8) is 0 Å². The smallest absolute Gasteiger partial charge is 0.311 e. The molecule has 0 bridgehead atoms. The van der Waals surface area contributed by atoms with Crippen LogP contribution in [0.2, 0.25) is 0 Å². The van der Waals surface area contributed by atoms with E-state index in [-0.39, 0.29) is 11.9 Å². The van der Waals surface area contributed by atoms with Gasteiger partial charge in [-0.25, -0.2) is 0 Å². The first-order valence-corrected chi connectivity index (χ1v) is 8.11. The predicted molar refractivity (Wildman–Crippen MR) is 85.9 cm³/mol. The molecule has 0 atom stereocenters. The molecule has 0 heterocycles. The van der Waals surface area contributed by atoms with Gasteiger partial charge in [0.1, 0.15) is 0 Å². The van der Waals surface area contributed by atoms with E-state index in [4.69, 9.17) is 9.47 Å². The van der Waals surface area contributed by atoms with Gasteiger partial charge in [0.25, 0.3) is 0 Å². The number of para-hydroxylation sites is 2. The minimum Gasteiger partial charge on any atom is -0.423 e. The summed E-state index contributed by atoms with van der Waals surface area (Å²) in [5, 5.41) is 0. The van der Waals surface area contributed by atoms with Gasteiger partial charge in [0.05, 0.1) is 0 Å². The number of carbonyl (C=O) groups excluding carboxylic acids is 2. The number of hydrogen-bond acceptors (Lipinski definition) is 4. The van der Waals surface area contributed by atoms with E-state index in [1.165, 1.54) is 0 Å². The molecule has 122 valence electrons. The summed E-state index contributed by atoms with van der Waals surface area (Å²) in [5.41, 5.74) is 0. The second-order valence-electron chi connectivity index (χ2n) is 5.37. The standard InChI is InChI=1S/C18H26O4/c1-4-9-17(19)21-15-10-7-8-11-16(15)22-18(20)13-12-14(5-2)6-3/h7-8,10-11,14H,4-6,9,12-13H2,1-3H3. The van der Waals surface area contributed by atoms with Gasteiger partial charge in [-0.3, -0.25) is 9.59 Å². The Morgan fingerprint density at radius 2 is 1.41 bits per heavy atom. The molecule has 0 aliphatic heterocycles. The highest BCUT2D eigenvalue weighted by Gasteiger charge is 2.14. The molecule has 0 saturated carbocycles. The summed E-state index contributed by atoms with van der Waals surface area (Å²) in [6.45, 7) is 6.16. The van der Waals surface area contributed by atoms with Gasteiger partial charge in [-0.05, 0) is 30.9 Å². The molecule has 0 fully saturated rings. The quantitative estimate of drug-likeness (QED) is 0.497. The van der Waals surface area contributed by atoms with Gasteiger partial charge in [-0.15, -0.1) is 0 Å². The van der Waals surface area contributed by atoms with Crippen LogP contribution in [0.4, 0.5) is 0 Å². The summed E-state index contributed by atoms with van der Waals surface area (Å²) >= 11 is 0. The lowest BCUT2D eigenvalue weighted by Gasteiger charge is -2.12. The van der Waals surface area contributed by atoms with Gasteiger partial charge in [0, 0.05) is 12.8 Å². The highest BCUT2D eigenvalue weighted by atomic mass is 16.6. The van der Waals surface area contributed by atoms with E-state index in [1.807, 2.05) is 6.92 Å². The molecule has 0 aliphatic carbocycles. The van der Waals surface area contributed by atoms with Crippen LogP contribution in [0, 0.1) is 5.92 Å². The van der Waals surface area contributed by atoms with Gasteiger partial charge in [-0.2, -0.15) is 0 Å². The van der Waals surface area contributed by atoms with E-state index in [9.17, 15) is 9.59 Å². The van der Waals surface area contributed by atoms with Gasteiger partial charge in [0.2, 0.25) is 0 Å². The fourth-order valence-electron chi connectivity index (χ4n) is 2.19. The number of carbonyl (C=O) groups is 2. The second kappa shape index (κ2) is 9.98. The molecule has 22 heavy (non-hydrogen) atoms. The third-order valence-electron chi connectivity index (χ3n) is 3.66. The van der Waals surface area contributed by atoms with Crippen molar-refractivity contribution in [3.05, 3.63) is 24.3 Å². The van der Waals surface area contributed by atoms with E-state index in [0.29, 0.717) is 30.3 Å². The molecule has 0 spiro atoms. The molecule has 1 aromatic carbocycles. The fraction of sp³-hybridized carbons (Fsp3) is 0.556. The highest BCUT2D eigenvalue weighted by Crippen LogP contribution is 2.27. The van der Waals surface area contributed by atoms with E-state index in [1.54, 1.807) is 24.3 Å². The zero-order valence-electron chi connectivity index (χ0n) is 13.8. The number of benzene rings is 1. The number of ether oxygens (including phenoxy) is 2. The molecule has 1 aromatic rings. The predicted octanol–water partition coefficient (Wildman–Crippen LogP) is 4.51. The summed E-state index contributed by atoms with van der Waals surface area (Å²) in [6.07, 6.45) is 4.39. The molecule has 0 radical (unpaired) electrons. The summed E-state index contributed by atoms with van der Waals surface area (Å²) in [4.78, 5) is 23.5. The van der Waals surface area contributed by atoms with Crippen molar-refractivity contribution in [2.75, 3.05) is 0 Å². The van der Waals surface area contributed by atoms with Crippen LogP contribution >= 0.6 is 0 Å². The molecule has 0 saturated heterocycles. The third-order valence-corrected chi connectivity index (χ3v) is 3.66. The molecule has 0 amide bonds. The average Bonchev–Trinajstić information content (AvgIpc) is 2.50. The molecule has 0 aromatic heterocycles. The Morgan fingerprint density at radius 3 is 1.86 bits per heavy atom. The molecule has 0 N–H and O–H groups in total. The van der Waals surface area contributed by atoms with Gasteiger partial charge in [-0.1, -0.05) is 45.7 Å². The zero-order valence-corrected chi connectivity index (χ0v) is 13.8. The van der Waals surface area contributed by atoms with E-state index in [0.717, 1.165) is 25.7 Å².